The molecule has 1 aromatic heterocycles. The van der Waals surface area contributed by atoms with Crippen molar-refractivity contribution in [3.63, 3.8) is 0 Å². The lowest BCUT2D eigenvalue weighted by molar-refractivity contribution is -0.138. The van der Waals surface area contributed by atoms with Gasteiger partial charge in [-0.05, 0) is 42.8 Å². The quantitative estimate of drug-likeness (QED) is 0.627. The fourth-order valence-electron chi connectivity index (χ4n) is 2.66. The molecule has 0 unspecified atom stereocenters. The molecule has 4 nitrogen and oxygen atoms in total. The highest BCUT2D eigenvalue weighted by Gasteiger charge is 2.32. The van der Waals surface area contributed by atoms with Crippen LogP contribution in [0.1, 0.15) is 23.7 Å². The van der Waals surface area contributed by atoms with Gasteiger partial charge in [-0.15, -0.1) is 0 Å². The molecule has 0 fully saturated rings. The largest absolute Gasteiger partial charge is 0.494 e. The van der Waals surface area contributed by atoms with E-state index in [0.717, 1.165) is 17.4 Å². The third-order valence-corrected chi connectivity index (χ3v) is 3.91. The van der Waals surface area contributed by atoms with Crippen molar-refractivity contribution in [3.05, 3.63) is 71.6 Å². The maximum absolute atomic E-state index is 13.0. The third kappa shape index (κ3) is 4.89. The van der Waals surface area contributed by atoms with Crippen LogP contribution in [0, 0.1) is 0 Å². The maximum atomic E-state index is 13.0. The predicted molar refractivity (Wildman–Crippen MR) is 95.1 cm³/mol. The number of nitrogens with zero attached hydrogens (tertiary/aromatic N) is 1. The summed E-state index contributed by atoms with van der Waals surface area (Å²) in [6.07, 6.45) is -2.87. The minimum absolute atomic E-state index is 0.0843. The lowest BCUT2D eigenvalue weighted by Crippen LogP contribution is -2.17. The Morgan fingerprint density at radius 3 is 2.48 bits per heavy atom. The summed E-state index contributed by atoms with van der Waals surface area (Å²) < 4.78 is 49.9. The van der Waals surface area contributed by atoms with E-state index in [9.17, 15) is 13.2 Å². The lowest BCUT2D eigenvalue weighted by Gasteiger charge is -2.12. The van der Waals surface area contributed by atoms with Crippen LogP contribution >= 0.6 is 0 Å². The zero-order valence-electron chi connectivity index (χ0n) is 14.7. The number of rotatable bonds is 7. The number of halogens is 3. The minimum atomic E-state index is -4.37. The highest BCUT2D eigenvalue weighted by Crippen LogP contribution is 2.31. The van der Waals surface area contributed by atoms with E-state index in [1.54, 1.807) is 6.07 Å². The second kappa shape index (κ2) is 8.26. The third-order valence-electron chi connectivity index (χ3n) is 3.91. The van der Waals surface area contributed by atoms with E-state index in [1.807, 2.05) is 31.2 Å². The molecule has 0 saturated heterocycles. The van der Waals surface area contributed by atoms with Crippen LogP contribution in [-0.2, 0) is 19.3 Å². The summed E-state index contributed by atoms with van der Waals surface area (Å²) >= 11 is 0. The Labute approximate surface area is 155 Å². The molecule has 0 aliphatic rings. The molecular weight excluding hydrogens is 357 g/mol. The molecule has 0 aliphatic heterocycles. The first-order valence-electron chi connectivity index (χ1n) is 8.51. The first kappa shape index (κ1) is 19.0. The van der Waals surface area contributed by atoms with Gasteiger partial charge in [0.05, 0.1) is 17.9 Å². The number of aromatic nitrogens is 1. The molecule has 142 valence electrons. The average molecular weight is 376 g/mol. The summed E-state index contributed by atoms with van der Waals surface area (Å²) in [5.74, 6) is 1.21. The molecule has 7 heteroatoms. The number of nitrogens with one attached hydrogen (secondary N) is 1. The molecule has 0 aliphatic carbocycles. The van der Waals surface area contributed by atoms with Gasteiger partial charge in [0.1, 0.15) is 12.0 Å². The lowest BCUT2D eigenvalue weighted by atomic mass is 10.1. The Balaban J connectivity index is 1.61. The van der Waals surface area contributed by atoms with Gasteiger partial charge in [0.2, 0.25) is 5.89 Å². The second-order valence-corrected chi connectivity index (χ2v) is 5.86. The Kier molecular flexibility index (Phi) is 5.81. The molecule has 0 spiro atoms. The number of ether oxygens (including phenoxy) is 1. The van der Waals surface area contributed by atoms with Gasteiger partial charge in [-0.1, -0.05) is 18.2 Å². The standard InChI is InChI=1S/C20H19F3N2O2/c1-2-26-17-9-7-14(8-10-17)19-25-16(13-27-19)12-24-11-15-5-3-4-6-18(15)20(21,22)23/h3-10,13,24H,2,11-12H2,1H3. The summed E-state index contributed by atoms with van der Waals surface area (Å²) in [7, 11) is 0. The Morgan fingerprint density at radius 1 is 1.04 bits per heavy atom. The zero-order valence-corrected chi connectivity index (χ0v) is 14.7. The number of alkyl halides is 3. The second-order valence-electron chi connectivity index (χ2n) is 5.86. The van der Waals surface area contributed by atoms with Crippen LogP contribution in [-0.4, -0.2) is 11.6 Å². The average Bonchev–Trinajstić information content (AvgIpc) is 3.11. The Morgan fingerprint density at radius 2 is 1.78 bits per heavy atom. The number of oxazole rings is 1. The van der Waals surface area contributed by atoms with E-state index in [0.29, 0.717) is 24.7 Å². The van der Waals surface area contributed by atoms with Crippen molar-refractivity contribution < 1.29 is 22.3 Å². The molecule has 1 heterocycles. The van der Waals surface area contributed by atoms with Gasteiger partial charge in [-0.2, -0.15) is 13.2 Å². The van der Waals surface area contributed by atoms with Gasteiger partial charge >= 0.3 is 6.18 Å². The van der Waals surface area contributed by atoms with Crippen LogP contribution in [0.2, 0.25) is 0 Å². The number of hydrogen-bond acceptors (Lipinski definition) is 4. The van der Waals surface area contributed by atoms with Gasteiger partial charge in [0, 0.05) is 18.7 Å². The minimum Gasteiger partial charge on any atom is -0.494 e. The summed E-state index contributed by atoms with van der Waals surface area (Å²) in [5.41, 5.74) is 0.975. The van der Waals surface area contributed by atoms with Crippen LogP contribution in [0.3, 0.4) is 0 Å². The van der Waals surface area contributed by atoms with E-state index in [4.69, 9.17) is 9.15 Å². The predicted octanol–water partition coefficient (Wildman–Crippen LogP) is 5.05. The monoisotopic (exact) mass is 376 g/mol. The van der Waals surface area contributed by atoms with Crippen molar-refractivity contribution in [2.75, 3.05) is 6.61 Å². The summed E-state index contributed by atoms with van der Waals surface area (Å²) in [6.45, 7) is 2.88. The van der Waals surface area contributed by atoms with Crippen LogP contribution < -0.4 is 10.1 Å². The smallest absolute Gasteiger partial charge is 0.416 e. The van der Waals surface area contributed by atoms with Gasteiger partial charge in [0.15, 0.2) is 0 Å². The number of hydrogen-bond donors (Lipinski definition) is 1. The van der Waals surface area contributed by atoms with Gasteiger partial charge in [-0.3, -0.25) is 0 Å². The summed E-state index contributed by atoms with van der Waals surface area (Å²) in [5, 5.41) is 2.98. The molecule has 0 atom stereocenters. The molecule has 0 saturated carbocycles. The first-order chi connectivity index (χ1) is 13.0. The SMILES string of the molecule is CCOc1ccc(-c2nc(CNCc3ccccc3C(F)(F)F)co2)cc1. The normalized spacial score (nSPS) is 11.6. The Hall–Kier alpha value is -2.80. The van der Waals surface area contributed by atoms with E-state index in [-0.39, 0.29) is 12.1 Å². The maximum Gasteiger partial charge on any atom is 0.416 e. The molecular formula is C20H19F3N2O2. The van der Waals surface area contributed by atoms with E-state index >= 15 is 0 Å². The molecule has 0 bridgehead atoms. The molecule has 3 rings (SSSR count). The van der Waals surface area contributed by atoms with Crippen molar-refractivity contribution in [2.45, 2.75) is 26.2 Å². The Bertz CT molecular complexity index is 873. The van der Waals surface area contributed by atoms with Crippen molar-refractivity contribution >= 4 is 0 Å². The molecule has 0 amide bonds. The van der Waals surface area contributed by atoms with Crippen LogP contribution in [0.5, 0.6) is 5.75 Å². The van der Waals surface area contributed by atoms with Crippen molar-refractivity contribution in [1.82, 2.24) is 10.3 Å². The topological polar surface area (TPSA) is 47.3 Å². The fourth-order valence-corrected chi connectivity index (χ4v) is 2.66. The van der Waals surface area contributed by atoms with Crippen LogP contribution in [0.25, 0.3) is 11.5 Å². The highest BCUT2D eigenvalue weighted by atomic mass is 19.4. The molecule has 0 radical (unpaired) electrons. The van der Waals surface area contributed by atoms with Crippen LogP contribution in [0.15, 0.2) is 59.2 Å². The highest BCUT2D eigenvalue weighted by molar-refractivity contribution is 5.54. The summed E-state index contributed by atoms with van der Waals surface area (Å²) in [4.78, 5) is 4.37. The van der Waals surface area contributed by atoms with Crippen molar-refractivity contribution in [3.8, 4) is 17.2 Å². The molecule has 2 aromatic carbocycles. The first-order valence-corrected chi connectivity index (χ1v) is 8.51. The molecule has 3 aromatic rings. The van der Waals surface area contributed by atoms with Crippen molar-refractivity contribution in [2.24, 2.45) is 0 Å². The van der Waals surface area contributed by atoms with E-state index < -0.39 is 11.7 Å². The molecule has 27 heavy (non-hydrogen) atoms. The summed E-state index contributed by atoms with van der Waals surface area (Å²) in [6, 6.07) is 12.9. The van der Waals surface area contributed by atoms with Gasteiger partial charge < -0.3 is 14.5 Å². The van der Waals surface area contributed by atoms with Gasteiger partial charge in [0.25, 0.3) is 0 Å². The number of benzene rings is 2. The fraction of sp³-hybridized carbons (Fsp3) is 0.250. The molecule has 1 N–H and O–H groups in total. The van der Waals surface area contributed by atoms with Crippen molar-refractivity contribution in [1.29, 1.82) is 0 Å². The zero-order chi connectivity index (χ0) is 19.3. The van der Waals surface area contributed by atoms with Gasteiger partial charge in [-0.25, -0.2) is 4.98 Å². The van der Waals surface area contributed by atoms with E-state index in [1.165, 1.54) is 18.4 Å². The van der Waals surface area contributed by atoms with Crippen LogP contribution in [0.4, 0.5) is 13.2 Å². The van der Waals surface area contributed by atoms with E-state index in [2.05, 4.69) is 10.3 Å².